The third kappa shape index (κ3) is 1.99. The molecule has 0 fully saturated rings. The maximum absolute atomic E-state index is 4.38. The first-order valence-electron chi connectivity index (χ1n) is 4.70. The minimum atomic E-state index is 0. The van der Waals surface area contributed by atoms with E-state index < -0.39 is 0 Å². The van der Waals surface area contributed by atoms with Crippen molar-refractivity contribution in [3.8, 4) is 11.1 Å². The lowest BCUT2D eigenvalue weighted by Crippen LogP contribution is -1.84. The smallest absolute Gasteiger partial charge is 0.0660 e. The van der Waals surface area contributed by atoms with Crippen LogP contribution in [0.15, 0.2) is 41.7 Å². The van der Waals surface area contributed by atoms with E-state index in [1.165, 1.54) is 22.3 Å². The molecule has 0 radical (unpaired) electrons. The van der Waals surface area contributed by atoms with E-state index in [0.717, 1.165) is 6.54 Å². The number of nitrogens with one attached hydrogen (secondary N) is 1. The molecule has 4 heteroatoms. The molecule has 1 aromatic carbocycles. The molecule has 2 heterocycles. The average molecular weight is 255 g/mol. The second kappa shape index (κ2) is 5.19. The van der Waals surface area contributed by atoms with Crippen molar-refractivity contribution in [1.29, 1.82) is 0 Å². The molecule has 2 nitrogen and oxygen atoms in total. The Morgan fingerprint density at radius 2 is 1.81 bits per heavy atom. The largest absolute Gasteiger partial charge is 0.367 e. The first-order chi connectivity index (χ1) is 6.95. The number of hydrogen-bond donors (Lipinski definition) is 1. The van der Waals surface area contributed by atoms with E-state index in [1.54, 1.807) is 0 Å². The number of aromatic amines is 1. The summed E-state index contributed by atoms with van der Waals surface area (Å²) in [7, 11) is 0. The minimum absolute atomic E-state index is 0. The van der Waals surface area contributed by atoms with Crippen molar-refractivity contribution in [2.75, 3.05) is 0 Å². The average Bonchev–Trinajstić information content (AvgIpc) is 2.61. The zero-order valence-electron chi connectivity index (χ0n) is 8.51. The zero-order valence-corrected chi connectivity index (χ0v) is 10.1. The van der Waals surface area contributed by atoms with Crippen LogP contribution in [-0.2, 0) is 6.54 Å². The molecule has 0 unspecified atom stereocenters. The van der Waals surface area contributed by atoms with Crippen molar-refractivity contribution in [3.63, 3.8) is 0 Å². The van der Waals surface area contributed by atoms with Crippen molar-refractivity contribution in [2.24, 2.45) is 4.99 Å². The monoisotopic (exact) mass is 254 g/mol. The van der Waals surface area contributed by atoms with E-state index in [2.05, 4.69) is 28.2 Å². The summed E-state index contributed by atoms with van der Waals surface area (Å²) in [4.78, 5) is 7.52. The molecule has 0 saturated carbocycles. The molecule has 16 heavy (non-hydrogen) atoms. The van der Waals surface area contributed by atoms with E-state index in [9.17, 15) is 0 Å². The molecule has 84 valence electrons. The lowest BCUT2D eigenvalue weighted by Gasteiger charge is -2.01. The summed E-state index contributed by atoms with van der Waals surface area (Å²) in [6.45, 7) is 0.771. The maximum Gasteiger partial charge on any atom is 0.0660 e. The van der Waals surface area contributed by atoms with Crippen LogP contribution in [0.3, 0.4) is 0 Å². The van der Waals surface area contributed by atoms with Gasteiger partial charge in [-0.05, 0) is 11.1 Å². The molecule has 0 atom stereocenters. The van der Waals surface area contributed by atoms with Gasteiger partial charge in [0.1, 0.15) is 0 Å². The quantitative estimate of drug-likeness (QED) is 0.746. The van der Waals surface area contributed by atoms with Crippen LogP contribution in [0.5, 0.6) is 0 Å². The second-order valence-electron chi connectivity index (χ2n) is 3.45. The normalized spacial score (nSPS) is 11.5. The summed E-state index contributed by atoms with van der Waals surface area (Å²) < 4.78 is 0. The van der Waals surface area contributed by atoms with Gasteiger partial charge >= 0.3 is 0 Å². The fourth-order valence-electron chi connectivity index (χ4n) is 1.87. The maximum atomic E-state index is 4.38. The molecule has 0 spiro atoms. The number of aliphatic imine (C=N–C) groups is 1. The van der Waals surface area contributed by atoms with Gasteiger partial charge in [0, 0.05) is 29.7 Å². The van der Waals surface area contributed by atoms with Gasteiger partial charge in [-0.15, -0.1) is 24.8 Å². The van der Waals surface area contributed by atoms with Gasteiger partial charge in [-0.1, -0.05) is 24.3 Å². The van der Waals surface area contributed by atoms with Crippen molar-refractivity contribution < 1.29 is 0 Å². The lowest BCUT2D eigenvalue weighted by molar-refractivity contribution is 1.09. The molecular formula is C12H12Cl2N2. The molecule has 1 aliphatic rings. The second-order valence-corrected chi connectivity index (χ2v) is 3.45. The summed E-state index contributed by atoms with van der Waals surface area (Å²) in [6.07, 6.45) is 6.02. The van der Waals surface area contributed by atoms with E-state index in [-0.39, 0.29) is 24.8 Å². The number of nitrogens with zero attached hydrogens (tertiary/aromatic N) is 1. The van der Waals surface area contributed by atoms with Crippen LogP contribution in [0.2, 0.25) is 0 Å². The first-order valence-corrected chi connectivity index (χ1v) is 4.70. The molecule has 2 aromatic rings. The van der Waals surface area contributed by atoms with Crippen molar-refractivity contribution in [1.82, 2.24) is 4.98 Å². The van der Waals surface area contributed by atoms with Gasteiger partial charge in [-0.2, -0.15) is 0 Å². The Morgan fingerprint density at radius 1 is 1.00 bits per heavy atom. The van der Waals surface area contributed by atoms with E-state index in [0.29, 0.717) is 0 Å². The van der Waals surface area contributed by atoms with Crippen LogP contribution >= 0.6 is 24.8 Å². The Labute approximate surface area is 107 Å². The Balaban J connectivity index is 0.000000640. The summed E-state index contributed by atoms with van der Waals surface area (Å²) in [5.41, 5.74) is 5.01. The summed E-state index contributed by atoms with van der Waals surface area (Å²) >= 11 is 0. The van der Waals surface area contributed by atoms with Gasteiger partial charge in [0.05, 0.1) is 6.54 Å². The van der Waals surface area contributed by atoms with Gasteiger partial charge in [-0.25, -0.2) is 0 Å². The van der Waals surface area contributed by atoms with Gasteiger partial charge in [0.25, 0.3) is 0 Å². The number of fused-ring (bicyclic) bond motifs is 3. The molecule has 1 aliphatic heterocycles. The Hall–Kier alpha value is -1.25. The molecule has 1 aromatic heterocycles. The third-order valence-corrected chi connectivity index (χ3v) is 2.57. The van der Waals surface area contributed by atoms with Crippen LogP contribution in [0.4, 0.5) is 0 Å². The van der Waals surface area contributed by atoms with E-state index >= 15 is 0 Å². The SMILES string of the molecule is C1=NCc2c[nH]cc2-c2ccccc21.Cl.Cl. The lowest BCUT2D eigenvalue weighted by atomic mass is 10.0. The Bertz CT molecular complexity index is 503. The molecular weight excluding hydrogens is 243 g/mol. The highest BCUT2D eigenvalue weighted by Crippen LogP contribution is 2.28. The van der Waals surface area contributed by atoms with Crippen LogP contribution in [-0.4, -0.2) is 11.2 Å². The minimum Gasteiger partial charge on any atom is -0.367 e. The third-order valence-electron chi connectivity index (χ3n) is 2.57. The van der Waals surface area contributed by atoms with Crippen LogP contribution in [0.1, 0.15) is 11.1 Å². The fraction of sp³-hybridized carbons (Fsp3) is 0.0833. The van der Waals surface area contributed by atoms with E-state index in [4.69, 9.17) is 0 Å². The van der Waals surface area contributed by atoms with Crippen molar-refractivity contribution in [3.05, 3.63) is 47.8 Å². The molecule has 0 saturated heterocycles. The topological polar surface area (TPSA) is 28.1 Å². The molecule has 3 rings (SSSR count). The highest BCUT2D eigenvalue weighted by atomic mass is 35.5. The number of halogens is 2. The van der Waals surface area contributed by atoms with Gasteiger partial charge in [-0.3, -0.25) is 4.99 Å². The van der Waals surface area contributed by atoms with Crippen LogP contribution < -0.4 is 0 Å². The predicted molar refractivity (Wildman–Crippen MR) is 72.0 cm³/mol. The molecule has 0 aliphatic carbocycles. The number of rotatable bonds is 0. The summed E-state index contributed by atoms with van der Waals surface area (Å²) in [5.74, 6) is 0. The Kier molecular flexibility index (Phi) is 4.16. The first kappa shape index (κ1) is 12.8. The van der Waals surface area contributed by atoms with Gasteiger partial charge in [0.15, 0.2) is 0 Å². The number of H-pyrrole nitrogens is 1. The van der Waals surface area contributed by atoms with E-state index in [1.807, 2.05) is 24.7 Å². The van der Waals surface area contributed by atoms with Crippen LogP contribution in [0.25, 0.3) is 11.1 Å². The highest BCUT2D eigenvalue weighted by molar-refractivity contribution is 5.92. The molecule has 0 amide bonds. The predicted octanol–water partition coefficient (Wildman–Crippen LogP) is 3.46. The number of aromatic nitrogens is 1. The van der Waals surface area contributed by atoms with Crippen molar-refractivity contribution in [2.45, 2.75) is 6.54 Å². The Morgan fingerprint density at radius 3 is 2.69 bits per heavy atom. The fourth-order valence-corrected chi connectivity index (χ4v) is 1.87. The molecule has 1 N–H and O–H groups in total. The highest BCUT2D eigenvalue weighted by Gasteiger charge is 2.11. The number of hydrogen-bond acceptors (Lipinski definition) is 1. The molecule has 0 bridgehead atoms. The van der Waals surface area contributed by atoms with Crippen molar-refractivity contribution >= 4 is 31.0 Å². The number of benzene rings is 1. The standard InChI is InChI=1S/C12H10N2.2ClH/c1-2-4-11-9(3-1)5-13-6-10-7-14-8-12(10)11;;/h1-5,7-8,14H,6H2;2*1H. The van der Waals surface area contributed by atoms with Crippen LogP contribution in [0, 0.1) is 0 Å². The zero-order chi connectivity index (χ0) is 9.38. The van der Waals surface area contributed by atoms with Gasteiger partial charge in [0.2, 0.25) is 0 Å². The summed E-state index contributed by atoms with van der Waals surface area (Å²) in [5, 5.41) is 0. The summed E-state index contributed by atoms with van der Waals surface area (Å²) in [6, 6.07) is 8.34. The van der Waals surface area contributed by atoms with Gasteiger partial charge < -0.3 is 4.98 Å².